The Hall–Kier alpha value is -1.59. The zero-order chi connectivity index (χ0) is 11.0. The van der Waals surface area contributed by atoms with Crippen LogP contribution < -0.4 is 5.73 Å². The third kappa shape index (κ3) is 7.08. The number of carbonyl (C=O) groups excluding carboxylic acids is 2. The van der Waals surface area contributed by atoms with Gasteiger partial charge in [-0.3, -0.25) is 4.79 Å². The van der Waals surface area contributed by atoms with Crippen molar-refractivity contribution in [2.24, 2.45) is 16.8 Å². The minimum Gasteiger partial charge on any atom is -0.468 e. The molecule has 0 bridgehead atoms. The van der Waals surface area contributed by atoms with E-state index in [1.165, 1.54) is 6.92 Å². The number of amidine groups is 1. The first-order valence-corrected chi connectivity index (χ1v) is 4.11. The second-order valence-electron chi connectivity index (χ2n) is 2.90. The number of ether oxygens (including phenoxy) is 1. The summed E-state index contributed by atoms with van der Waals surface area (Å²) in [6.45, 7) is 3.70. The van der Waals surface area contributed by atoms with E-state index in [1.54, 1.807) is 0 Å². The third-order valence-corrected chi connectivity index (χ3v) is 1.30. The quantitative estimate of drug-likeness (QED) is 0.215. The van der Waals surface area contributed by atoms with Crippen LogP contribution in [0.5, 0.6) is 0 Å². The summed E-state index contributed by atoms with van der Waals surface area (Å²) >= 11 is 0. The highest BCUT2D eigenvalue weighted by Crippen LogP contribution is 2.01. The maximum absolute atomic E-state index is 10.4. The molecule has 0 spiro atoms. The molecule has 0 saturated heterocycles. The van der Waals surface area contributed by atoms with E-state index in [4.69, 9.17) is 5.73 Å². The van der Waals surface area contributed by atoms with Gasteiger partial charge in [0, 0.05) is 13.3 Å². The monoisotopic (exact) mass is 202 g/mol. The second-order valence-corrected chi connectivity index (χ2v) is 2.90. The Morgan fingerprint density at radius 2 is 2.29 bits per heavy atom. The summed E-state index contributed by atoms with van der Waals surface area (Å²) < 4.78 is 4.52. The van der Waals surface area contributed by atoms with E-state index in [9.17, 15) is 9.59 Å². The van der Waals surface area contributed by atoms with Crippen LogP contribution in [-0.4, -0.2) is 24.9 Å². The Labute approximate surface area is 82.0 Å². The Balaban J connectivity index is 3.79. The van der Waals surface area contributed by atoms with E-state index in [-0.39, 0.29) is 18.4 Å². The molecule has 0 amide bonds. The molecule has 0 aromatic carbocycles. The molecule has 6 heteroatoms. The number of hydrogen-bond donors (Lipinski definition) is 1. The zero-order valence-corrected chi connectivity index (χ0v) is 8.23. The van der Waals surface area contributed by atoms with Crippen molar-refractivity contribution >= 4 is 18.3 Å². The van der Waals surface area contributed by atoms with Gasteiger partial charge in [-0.05, 0) is 5.92 Å². The van der Waals surface area contributed by atoms with Crippen LogP contribution in [0.25, 0.3) is 0 Å². The summed E-state index contributed by atoms with van der Waals surface area (Å²) in [5.41, 5.74) is 5.42. The standard InChI is InChI=1S/C8H14N2O4/c1-6(4-13-5-11)3-8(9)10-14-7(2)12/h5-6H,3-4H2,1-2H3,(H2,9,10). The largest absolute Gasteiger partial charge is 0.468 e. The predicted molar refractivity (Wildman–Crippen MR) is 49.2 cm³/mol. The fraction of sp³-hybridized carbons (Fsp3) is 0.625. The average molecular weight is 202 g/mol. The van der Waals surface area contributed by atoms with Gasteiger partial charge in [0.1, 0.15) is 5.84 Å². The minimum absolute atomic E-state index is 0.0412. The highest BCUT2D eigenvalue weighted by molar-refractivity contribution is 5.80. The van der Waals surface area contributed by atoms with Crippen molar-refractivity contribution in [1.82, 2.24) is 0 Å². The molecule has 0 rings (SSSR count). The molecule has 0 aliphatic carbocycles. The van der Waals surface area contributed by atoms with Gasteiger partial charge in [0.05, 0.1) is 6.61 Å². The number of hydrogen-bond acceptors (Lipinski definition) is 5. The fourth-order valence-corrected chi connectivity index (χ4v) is 0.780. The smallest absolute Gasteiger partial charge is 0.332 e. The van der Waals surface area contributed by atoms with E-state index in [0.29, 0.717) is 12.9 Å². The van der Waals surface area contributed by atoms with Gasteiger partial charge in [0.25, 0.3) is 6.47 Å². The lowest BCUT2D eigenvalue weighted by Crippen LogP contribution is -2.19. The van der Waals surface area contributed by atoms with Gasteiger partial charge in [-0.1, -0.05) is 12.1 Å². The topological polar surface area (TPSA) is 91.0 Å². The van der Waals surface area contributed by atoms with Crippen molar-refractivity contribution in [2.45, 2.75) is 20.3 Å². The van der Waals surface area contributed by atoms with E-state index >= 15 is 0 Å². The Morgan fingerprint density at radius 3 is 2.79 bits per heavy atom. The van der Waals surface area contributed by atoms with E-state index in [0.717, 1.165) is 0 Å². The lowest BCUT2D eigenvalue weighted by Gasteiger charge is -2.08. The molecule has 1 unspecified atom stereocenters. The molecule has 0 aromatic heterocycles. The van der Waals surface area contributed by atoms with Gasteiger partial charge in [-0.15, -0.1) is 0 Å². The van der Waals surface area contributed by atoms with Gasteiger partial charge in [-0.25, -0.2) is 4.79 Å². The molecule has 1 atom stereocenters. The molecular weight excluding hydrogens is 188 g/mol. The van der Waals surface area contributed by atoms with Crippen molar-refractivity contribution in [2.75, 3.05) is 6.61 Å². The molecule has 0 aliphatic rings. The zero-order valence-electron chi connectivity index (χ0n) is 8.23. The number of nitrogens with two attached hydrogens (primary N) is 1. The lowest BCUT2D eigenvalue weighted by atomic mass is 10.1. The molecule has 6 nitrogen and oxygen atoms in total. The molecule has 2 N–H and O–H groups in total. The van der Waals surface area contributed by atoms with E-state index in [1.807, 2.05) is 6.92 Å². The number of rotatable bonds is 6. The van der Waals surface area contributed by atoms with E-state index in [2.05, 4.69) is 14.7 Å². The number of oxime groups is 1. The first-order chi connectivity index (χ1) is 6.56. The summed E-state index contributed by atoms with van der Waals surface area (Å²) in [5.74, 6) is -0.286. The molecule has 14 heavy (non-hydrogen) atoms. The van der Waals surface area contributed by atoms with Crippen LogP contribution in [0, 0.1) is 5.92 Å². The second kappa shape index (κ2) is 6.88. The molecular formula is C8H14N2O4. The van der Waals surface area contributed by atoms with Crippen LogP contribution in [-0.2, 0) is 19.2 Å². The van der Waals surface area contributed by atoms with Crippen LogP contribution in [0.15, 0.2) is 5.16 Å². The maximum atomic E-state index is 10.4. The Bertz CT molecular complexity index is 227. The van der Waals surface area contributed by atoms with Crippen LogP contribution in [0.1, 0.15) is 20.3 Å². The van der Waals surface area contributed by atoms with Crippen LogP contribution in [0.4, 0.5) is 0 Å². The molecule has 80 valence electrons. The van der Waals surface area contributed by atoms with Crippen molar-refractivity contribution in [3.05, 3.63) is 0 Å². The Morgan fingerprint density at radius 1 is 1.64 bits per heavy atom. The van der Waals surface area contributed by atoms with E-state index < -0.39 is 5.97 Å². The molecule has 0 aliphatic heterocycles. The Kier molecular flexibility index (Phi) is 6.09. The highest BCUT2D eigenvalue weighted by Gasteiger charge is 2.05. The summed E-state index contributed by atoms with van der Waals surface area (Å²) in [4.78, 5) is 24.5. The van der Waals surface area contributed by atoms with Crippen LogP contribution in [0.2, 0.25) is 0 Å². The minimum atomic E-state index is -0.523. The average Bonchev–Trinajstić information content (AvgIpc) is 2.11. The molecule has 0 saturated carbocycles. The van der Waals surface area contributed by atoms with Gasteiger partial charge in [0.2, 0.25) is 0 Å². The van der Waals surface area contributed by atoms with Crippen molar-refractivity contribution in [3.8, 4) is 0 Å². The van der Waals surface area contributed by atoms with Gasteiger partial charge in [-0.2, -0.15) is 0 Å². The fourth-order valence-electron chi connectivity index (χ4n) is 0.780. The summed E-state index contributed by atoms with van der Waals surface area (Å²) in [6.07, 6.45) is 0.404. The summed E-state index contributed by atoms with van der Waals surface area (Å²) in [7, 11) is 0. The maximum Gasteiger partial charge on any atom is 0.332 e. The molecule has 0 fully saturated rings. The summed E-state index contributed by atoms with van der Waals surface area (Å²) in [6, 6.07) is 0. The van der Waals surface area contributed by atoms with Crippen molar-refractivity contribution in [1.29, 1.82) is 0 Å². The SMILES string of the molecule is CC(=O)ON=C(N)CC(C)COC=O. The van der Waals surface area contributed by atoms with Crippen LogP contribution in [0.3, 0.4) is 0 Å². The summed E-state index contributed by atoms with van der Waals surface area (Å²) in [5, 5.41) is 3.37. The van der Waals surface area contributed by atoms with Gasteiger partial charge >= 0.3 is 5.97 Å². The highest BCUT2D eigenvalue weighted by atomic mass is 16.7. The first kappa shape index (κ1) is 12.4. The van der Waals surface area contributed by atoms with Crippen LogP contribution >= 0.6 is 0 Å². The predicted octanol–water partition coefficient (Wildman–Crippen LogP) is 0.0209. The normalized spacial score (nSPS) is 13.1. The molecule has 0 radical (unpaired) electrons. The van der Waals surface area contributed by atoms with Crippen molar-refractivity contribution in [3.63, 3.8) is 0 Å². The first-order valence-electron chi connectivity index (χ1n) is 4.11. The number of carbonyl (C=O) groups is 2. The molecule has 0 heterocycles. The number of nitrogens with zero attached hydrogens (tertiary/aromatic N) is 1. The third-order valence-electron chi connectivity index (χ3n) is 1.30. The molecule has 0 aromatic rings. The lowest BCUT2D eigenvalue weighted by molar-refractivity contribution is -0.141. The van der Waals surface area contributed by atoms with Gasteiger partial charge < -0.3 is 15.3 Å². The van der Waals surface area contributed by atoms with Gasteiger partial charge in [0.15, 0.2) is 0 Å². The van der Waals surface area contributed by atoms with Crippen molar-refractivity contribution < 1.29 is 19.2 Å².